The van der Waals surface area contributed by atoms with Crippen molar-refractivity contribution in [3.05, 3.63) is 83.2 Å². The molecule has 2 heterocycles. The number of amides is 1. The molecule has 0 aliphatic carbocycles. The minimum absolute atomic E-state index is 0.0964. The van der Waals surface area contributed by atoms with Gasteiger partial charge in [0.15, 0.2) is 0 Å². The number of rotatable bonds is 5. The Morgan fingerprint density at radius 1 is 1.09 bits per heavy atom. The number of hydrogen-bond donors (Lipinski definition) is 2. The zero-order valence-corrected chi connectivity index (χ0v) is 19.3. The Bertz CT molecular complexity index is 1060. The van der Waals surface area contributed by atoms with E-state index in [1.54, 1.807) is 0 Å². The maximum Gasteiger partial charge on any atom is 0.255 e. The lowest BCUT2D eigenvalue weighted by atomic mass is 9.95. The van der Waals surface area contributed by atoms with Gasteiger partial charge in [-0.15, -0.1) is 0 Å². The first-order valence-corrected chi connectivity index (χ1v) is 11.7. The van der Waals surface area contributed by atoms with Crippen molar-refractivity contribution in [1.29, 1.82) is 0 Å². The summed E-state index contributed by atoms with van der Waals surface area (Å²) in [4.78, 5) is 17.8. The van der Waals surface area contributed by atoms with Gasteiger partial charge in [-0.2, -0.15) is 0 Å². The first-order valence-electron chi connectivity index (χ1n) is 11.7. The molecule has 4 nitrogen and oxygen atoms in total. The number of aryl methyl sites for hydroxylation is 1. The second-order valence-electron chi connectivity index (χ2n) is 9.09. The zero-order valence-electron chi connectivity index (χ0n) is 19.3. The van der Waals surface area contributed by atoms with Crippen LogP contribution in [0.5, 0.6) is 0 Å². The quantitative estimate of drug-likeness (QED) is 0.503. The molecule has 1 fully saturated rings. The number of aromatic nitrogens is 1. The third kappa shape index (κ3) is 5.08. The van der Waals surface area contributed by atoms with Gasteiger partial charge in [0.1, 0.15) is 0 Å². The maximum atomic E-state index is 13.2. The number of nitrogens with one attached hydrogen (secondary N) is 2. The van der Waals surface area contributed by atoms with Gasteiger partial charge in [0.25, 0.3) is 5.91 Å². The topological polar surface area (TPSA) is 54.0 Å². The zero-order chi connectivity index (χ0) is 22.5. The van der Waals surface area contributed by atoms with E-state index in [-0.39, 0.29) is 5.91 Å². The summed E-state index contributed by atoms with van der Waals surface area (Å²) in [6, 6.07) is 18.4. The maximum absolute atomic E-state index is 13.2. The molecule has 0 saturated carbocycles. The van der Waals surface area contributed by atoms with Crippen LogP contribution in [-0.2, 0) is 0 Å². The molecule has 0 radical (unpaired) electrons. The van der Waals surface area contributed by atoms with Gasteiger partial charge in [0.05, 0.1) is 11.4 Å². The van der Waals surface area contributed by atoms with Crippen LogP contribution in [0.1, 0.15) is 72.1 Å². The fraction of sp³-hybridized carbons (Fsp3) is 0.357. The number of carbonyl (C=O) groups is 1. The largest absolute Gasteiger partial charge is 0.320 e. The van der Waals surface area contributed by atoms with E-state index >= 15 is 0 Å². The molecular formula is C28H33N3O. The van der Waals surface area contributed by atoms with Gasteiger partial charge in [0.2, 0.25) is 0 Å². The summed E-state index contributed by atoms with van der Waals surface area (Å²) in [6.45, 7) is 8.44. The van der Waals surface area contributed by atoms with Gasteiger partial charge in [-0.3, -0.25) is 9.78 Å². The molecule has 3 aromatic rings. The summed E-state index contributed by atoms with van der Waals surface area (Å²) in [6.07, 6.45) is 5.28. The van der Waals surface area contributed by atoms with Gasteiger partial charge in [-0.1, -0.05) is 50.6 Å². The summed E-state index contributed by atoms with van der Waals surface area (Å²) in [5, 5.41) is 6.64. The van der Waals surface area contributed by atoms with Crippen molar-refractivity contribution < 1.29 is 4.79 Å². The molecule has 2 aromatic carbocycles. The Morgan fingerprint density at radius 3 is 2.69 bits per heavy atom. The fourth-order valence-electron chi connectivity index (χ4n) is 4.42. The van der Waals surface area contributed by atoms with Crippen LogP contribution in [0.15, 0.2) is 60.8 Å². The van der Waals surface area contributed by atoms with E-state index in [0.717, 1.165) is 47.6 Å². The van der Waals surface area contributed by atoms with Crippen molar-refractivity contribution >= 4 is 11.6 Å². The van der Waals surface area contributed by atoms with E-state index in [1.807, 2.05) is 36.5 Å². The molecule has 1 aromatic heterocycles. The summed E-state index contributed by atoms with van der Waals surface area (Å²) < 4.78 is 0. The van der Waals surface area contributed by atoms with Crippen LogP contribution in [0.2, 0.25) is 0 Å². The predicted octanol–water partition coefficient (Wildman–Crippen LogP) is 6.29. The third-order valence-electron chi connectivity index (χ3n) is 6.41. The van der Waals surface area contributed by atoms with Crippen molar-refractivity contribution in [2.24, 2.45) is 0 Å². The second kappa shape index (κ2) is 10.1. The molecule has 1 unspecified atom stereocenters. The van der Waals surface area contributed by atoms with Crippen LogP contribution in [0.3, 0.4) is 0 Å². The SMILES string of the molecule is Cc1ccc(C(=O)Nc2cccnc2C2CCCCNC2)cc1-c1ccc(C(C)C)cc1. The molecule has 1 aliphatic heterocycles. The average molecular weight is 428 g/mol. The van der Waals surface area contributed by atoms with Crippen molar-refractivity contribution in [2.45, 2.75) is 51.9 Å². The molecule has 2 N–H and O–H groups in total. The van der Waals surface area contributed by atoms with Crippen LogP contribution in [-0.4, -0.2) is 24.0 Å². The molecule has 32 heavy (non-hydrogen) atoms. The molecule has 1 atom stereocenters. The lowest BCUT2D eigenvalue weighted by Crippen LogP contribution is -2.22. The summed E-state index contributed by atoms with van der Waals surface area (Å²) in [5.74, 6) is 0.725. The minimum atomic E-state index is -0.0964. The smallest absolute Gasteiger partial charge is 0.255 e. The molecule has 1 aliphatic rings. The molecule has 0 bridgehead atoms. The Balaban J connectivity index is 1.58. The van der Waals surface area contributed by atoms with Gasteiger partial charge < -0.3 is 10.6 Å². The van der Waals surface area contributed by atoms with Crippen LogP contribution in [0.4, 0.5) is 5.69 Å². The minimum Gasteiger partial charge on any atom is -0.320 e. The van der Waals surface area contributed by atoms with E-state index < -0.39 is 0 Å². The van der Waals surface area contributed by atoms with Crippen LogP contribution < -0.4 is 10.6 Å². The predicted molar refractivity (Wildman–Crippen MR) is 132 cm³/mol. The Kier molecular flexibility index (Phi) is 7.01. The summed E-state index contributed by atoms with van der Waals surface area (Å²) in [5.41, 5.74) is 7.15. The number of anilines is 1. The highest BCUT2D eigenvalue weighted by Crippen LogP contribution is 2.29. The van der Waals surface area contributed by atoms with E-state index in [0.29, 0.717) is 17.4 Å². The van der Waals surface area contributed by atoms with Gasteiger partial charge in [-0.25, -0.2) is 0 Å². The monoisotopic (exact) mass is 427 g/mol. The fourth-order valence-corrected chi connectivity index (χ4v) is 4.42. The van der Waals surface area contributed by atoms with Crippen molar-refractivity contribution in [1.82, 2.24) is 10.3 Å². The number of hydrogen-bond acceptors (Lipinski definition) is 3. The lowest BCUT2D eigenvalue weighted by Gasteiger charge is -2.18. The number of pyridine rings is 1. The van der Waals surface area contributed by atoms with E-state index in [4.69, 9.17) is 0 Å². The van der Waals surface area contributed by atoms with E-state index in [2.05, 4.69) is 60.7 Å². The Hall–Kier alpha value is -2.98. The summed E-state index contributed by atoms with van der Waals surface area (Å²) in [7, 11) is 0. The van der Waals surface area contributed by atoms with Crippen LogP contribution in [0.25, 0.3) is 11.1 Å². The third-order valence-corrected chi connectivity index (χ3v) is 6.41. The molecule has 4 heteroatoms. The highest BCUT2D eigenvalue weighted by molar-refractivity contribution is 6.05. The van der Waals surface area contributed by atoms with E-state index in [9.17, 15) is 4.79 Å². The lowest BCUT2D eigenvalue weighted by molar-refractivity contribution is 0.102. The first-order chi connectivity index (χ1) is 15.5. The highest BCUT2D eigenvalue weighted by atomic mass is 16.1. The van der Waals surface area contributed by atoms with Crippen molar-refractivity contribution in [2.75, 3.05) is 18.4 Å². The first kappa shape index (κ1) is 22.2. The Labute approximate surface area is 191 Å². The molecule has 4 rings (SSSR count). The molecule has 1 saturated heterocycles. The average Bonchev–Trinajstić information content (AvgIpc) is 3.09. The number of benzene rings is 2. The molecule has 166 valence electrons. The van der Waals surface area contributed by atoms with Crippen molar-refractivity contribution in [3.63, 3.8) is 0 Å². The van der Waals surface area contributed by atoms with Crippen LogP contribution >= 0.6 is 0 Å². The highest BCUT2D eigenvalue weighted by Gasteiger charge is 2.20. The van der Waals surface area contributed by atoms with Gasteiger partial charge in [-0.05, 0) is 78.7 Å². The van der Waals surface area contributed by atoms with Crippen molar-refractivity contribution in [3.8, 4) is 11.1 Å². The normalized spacial score (nSPS) is 16.6. The molecule has 1 amide bonds. The second-order valence-corrected chi connectivity index (χ2v) is 9.09. The van der Waals surface area contributed by atoms with E-state index in [1.165, 1.54) is 18.4 Å². The Morgan fingerprint density at radius 2 is 1.91 bits per heavy atom. The van der Waals surface area contributed by atoms with Gasteiger partial charge in [0, 0.05) is 24.2 Å². The molecule has 0 spiro atoms. The number of carbonyl (C=O) groups excluding carboxylic acids is 1. The summed E-state index contributed by atoms with van der Waals surface area (Å²) >= 11 is 0. The van der Waals surface area contributed by atoms with Crippen LogP contribution in [0, 0.1) is 6.92 Å². The van der Waals surface area contributed by atoms with Gasteiger partial charge >= 0.3 is 0 Å². The molecular weight excluding hydrogens is 394 g/mol. The number of nitrogens with zero attached hydrogens (tertiary/aromatic N) is 1. The standard InChI is InChI=1S/C28H33N3O/c1-19(2)21-11-13-22(14-12-21)25-17-23(10-9-20(25)3)28(32)31-26-8-6-16-30-27(26)24-7-4-5-15-29-18-24/h6,8-14,16-17,19,24,29H,4-5,7,15,18H2,1-3H3,(H,31,32).